The van der Waals surface area contributed by atoms with Gasteiger partial charge in [-0.25, -0.2) is 0 Å². The van der Waals surface area contributed by atoms with Crippen LogP contribution in [0.2, 0.25) is 5.02 Å². The number of halogens is 2. The van der Waals surface area contributed by atoms with Gasteiger partial charge in [-0.05, 0) is 24.1 Å². The van der Waals surface area contributed by atoms with Crippen molar-refractivity contribution < 1.29 is 0 Å². The van der Waals surface area contributed by atoms with Crippen molar-refractivity contribution in [2.24, 2.45) is 7.05 Å². The number of alkyl halides is 1. The van der Waals surface area contributed by atoms with Gasteiger partial charge in [0.1, 0.15) is 0 Å². The summed E-state index contributed by atoms with van der Waals surface area (Å²) < 4.78 is 2.12. The maximum Gasteiger partial charge on any atom is 0.0495 e. The minimum atomic E-state index is 0.795. The topological polar surface area (TPSA) is 4.93 Å². The summed E-state index contributed by atoms with van der Waals surface area (Å²) in [6, 6.07) is 6.05. The van der Waals surface area contributed by atoms with Gasteiger partial charge < -0.3 is 4.57 Å². The van der Waals surface area contributed by atoms with Gasteiger partial charge >= 0.3 is 0 Å². The van der Waals surface area contributed by atoms with Gasteiger partial charge in [0.05, 0.1) is 0 Å². The third-order valence-electron chi connectivity index (χ3n) is 2.40. The van der Waals surface area contributed by atoms with Gasteiger partial charge in [-0.3, -0.25) is 0 Å². The van der Waals surface area contributed by atoms with Gasteiger partial charge in [0, 0.05) is 34.5 Å². The Morgan fingerprint density at radius 2 is 2.21 bits per heavy atom. The maximum absolute atomic E-state index is 5.95. The van der Waals surface area contributed by atoms with E-state index in [2.05, 4.69) is 39.8 Å². The molecule has 2 rings (SSSR count). The third-order valence-corrected chi connectivity index (χ3v) is 3.03. The predicted molar refractivity (Wildman–Crippen MR) is 65.4 cm³/mol. The zero-order valence-corrected chi connectivity index (χ0v) is 10.3. The van der Waals surface area contributed by atoms with Gasteiger partial charge in [0.2, 0.25) is 0 Å². The van der Waals surface area contributed by atoms with E-state index in [4.69, 9.17) is 11.6 Å². The summed E-state index contributed by atoms with van der Waals surface area (Å²) in [5.74, 6) is 0. The van der Waals surface area contributed by atoms with Crippen LogP contribution in [0.15, 0.2) is 24.4 Å². The molecule has 0 saturated carbocycles. The fourth-order valence-electron chi connectivity index (χ4n) is 1.74. The standard InChI is InChI=1S/C11H11BrClN/c1-14-7-8(4-5-12)10-3-2-9(13)6-11(10)14/h2-3,6-7H,4-5H2,1H3. The molecule has 0 radical (unpaired) electrons. The fourth-order valence-corrected chi connectivity index (χ4v) is 2.34. The monoisotopic (exact) mass is 271 g/mol. The highest BCUT2D eigenvalue weighted by Gasteiger charge is 2.05. The lowest BCUT2D eigenvalue weighted by Crippen LogP contribution is -1.83. The van der Waals surface area contributed by atoms with E-state index in [0.717, 1.165) is 16.8 Å². The van der Waals surface area contributed by atoms with Crippen molar-refractivity contribution in [3.8, 4) is 0 Å². The first-order valence-corrected chi connectivity index (χ1v) is 6.01. The minimum Gasteiger partial charge on any atom is -0.350 e. The molecule has 14 heavy (non-hydrogen) atoms. The number of aromatic nitrogens is 1. The van der Waals surface area contributed by atoms with Crippen LogP contribution in [0.3, 0.4) is 0 Å². The zero-order chi connectivity index (χ0) is 10.1. The molecule has 0 aliphatic carbocycles. The first-order chi connectivity index (χ1) is 6.72. The van der Waals surface area contributed by atoms with E-state index in [9.17, 15) is 0 Å². The van der Waals surface area contributed by atoms with Crippen LogP contribution in [0.25, 0.3) is 10.9 Å². The van der Waals surface area contributed by atoms with E-state index in [1.807, 2.05) is 12.1 Å². The van der Waals surface area contributed by atoms with Crippen LogP contribution in [0.5, 0.6) is 0 Å². The second-order valence-electron chi connectivity index (χ2n) is 3.37. The fraction of sp³-hybridized carbons (Fsp3) is 0.273. The molecule has 0 unspecified atom stereocenters. The quantitative estimate of drug-likeness (QED) is 0.734. The molecule has 1 nitrogen and oxygen atoms in total. The van der Waals surface area contributed by atoms with Crippen molar-refractivity contribution in [3.05, 3.63) is 35.0 Å². The highest BCUT2D eigenvalue weighted by atomic mass is 79.9. The first-order valence-electron chi connectivity index (χ1n) is 4.52. The van der Waals surface area contributed by atoms with E-state index in [-0.39, 0.29) is 0 Å². The van der Waals surface area contributed by atoms with E-state index in [0.29, 0.717) is 0 Å². The van der Waals surface area contributed by atoms with Crippen LogP contribution >= 0.6 is 27.5 Å². The molecule has 0 bridgehead atoms. The van der Waals surface area contributed by atoms with Crippen LogP contribution in [-0.2, 0) is 13.5 Å². The third kappa shape index (κ3) is 1.69. The summed E-state index contributed by atoms with van der Waals surface area (Å²) in [5, 5.41) is 3.09. The molecular weight excluding hydrogens is 261 g/mol. The van der Waals surface area contributed by atoms with Gasteiger partial charge in [0.25, 0.3) is 0 Å². The van der Waals surface area contributed by atoms with Crippen LogP contribution in [0.4, 0.5) is 0 Å². The minimum absolute atomic E-state index is 0.795. The van der Waals surface area contributed by atoms with Crippen molar-refractivity contribution in [3.63, 3.8) is 0 Å². The number of benzene rings is 1. The Bertz CT molecular complexity index is 462. The molecule has 0 aliphatic rings. The van der Waals surface area contributed by atoms with Crippen molar-refractivity contribution in [1.29, 1.82) is 0 Å². The summed E-state index contributed by atoms with van der Waals surface area (Å²) >= 11 is 9.41. The number of nitrogens with zero attached hydrogens (tertiary/aromatic N) is 1. The van der Waals surface area contributed by atoms with E-state index < -0.39 is 0 Å². The molecule has 0 atom stereocenters. The average Bonchev–Trinajstić information content (AvgIpc) is 2.44. The summed E-state index contributed by atoms with van der Waals surface area (Å²) in [6.45, 7) is 0. The Balaban J connectivity index is 2.65. The molecule has 0 saturated heterocycles. The maximum atomic E-state index is 5.95. The smallest absolute Gasteiger partial charge is 0.0495 e. The number of rotatable bonds is 2. The lowest BCUT2D eigenvalue weighted by molar-refractivity contribution is 0.956. The Hall–Kier alpha value is -0.470. The second kappa shape index (κ2) is 3.95. The van der Waals surface area contributed by atoms with E-state index in [1.54, 1.807) is 0 Å². The van der Waals surface area contributed by atoms with Gasteiger partial charge in [-0.15, -0.1) is 0 Å². The van der Waals surface area contributed by atoms with Crippen LogP contribution < -0.4 is 0 Å². The molecule has 0 spiro atoms. The van der Waals surface area contributed by atoms with E-state index >= 15 is 0 Å². The Morgan fingerprint density at radius 1 is 1.43 bits per heavy atom. The van der Waals surface area contributed by atoms with Crippen LogP contribution in [-0.4, -0.2) is 9.90 Å². The molecule has 0 aliphatic heterocycles. The highest BCUT2D eigenvalue weighted by Crippen LogP contribution is 2.24. The zero-order valence-electron chi connectivity index (χ0n) is 7.93. The SMILES string of the molecule is Cn1cc(CCBr)c2ccc(Cl)cc21. The summed E-state index contributed by atoms with van der Waals surface area (Å²) in [5.41, 5.74) is 2.57. The molecule has 0 N–H and O–H groups in total. The van der Waals surface area contributed by atoms with Gasteiger partial charge in [-0.1, -0.05) is 33.6 Å². The molecule has 1 heterocycles. The summed E-state index contributed by atoms with van der Waals surface area (Å²) in [7, 11) is 2.05. The molecular formula is C11H11BrClN. The highest BCUT2D eigenvalue weighted by molar-refractivity contribution is 9.09. The van der Waals surface area contributed by atoms with Gasteiger partial charge in [0.15, 0.2) is 0 Å². The van der Waals surface area contributed by atoms with Crippen molar-refractivity contribution in [2.45, 2.75) is 6.42 Å². The normalized spacial score (nSPS) is 11.1. The average molecular weight is 273 g/mol. The number of hydrogen-bond acceptors (Lipinski definition) is 0. The van der Waals surface area contributed by atoms with Gasteiger partial charge in [-0.2, -0.15) is 0 Å². The van der Waals surface area contributed by atoms with Crippen LogP contribution in [0, 0.1) is 0 Å². The molecule has 2 aromatic rings. The molecule has 1 aromatic carbocycles. The first kappa shape index (κ1) is 10.1. The second-order valence-corrected chi connectivity index (χ2v) is 4.60. The van der Waals surface area contributed by atoms with Crippen molar-refractivity contribution in [2.75, 3.05) is 5.33 Å². The summed E-state index contributed by atoms with van der Waals surface area (Å²) in [4.78, 5) is 0. The summed E-state index contributed by atoms with van der Waals surface area (Å²) in [6.07, 6.45) is 3.22. The molecule has 74 valence electrons. The van der Waals surface area contributed by atoms with Crippen molar-refractivity contribution in [1.82, 2.24) is 4.57 Å². The Kier molecular flexibility index (Phi) is 2.84. The largest absolute Gasteiger partial charge is 0.350 e. The predicted octanol–water partition coefficient (Wildman–Crippen LogP) is 3.77. The Labute approximate surface area is 96.8 Å². The number of aryl methyl sites for hydroxylation is 2. The van der Waals surface area contributed by atoms with Crippen molar-refractivity contribution >= 4 is 38.4 Å². The molecule has 1 aromatic heterocycles. The molecule has 3 heteroatoms. The lowest BCUT2D eigenvalue weighted by atomic mass is 10.1. The Morgan fingerprint density at radius 3 is 2.93 bits per heavy atom. The molecule has 0 amide bonds. The van der Waals surface area contributed by atoms with Crippen LogP contribution in [0.1, 0.15) is 5.56 Å². The molecule has 0 fully saturated rings. The van der Waals surface area contributed by atoms with E-state index in [1.165, 1.54) is 16.5 Å². The number of fused-ring (bicyclic) bond motifs is 1. The lowest BCUT2D eigenvalue weighted by Gasteiger charge is -1.96. The number of hydrogen-bond donors (Lipinski definition) is 0.